The molecule has 0 unspecified atom stereocenters. The van der Waals surface area contributed by atoms with E-state index in [1.807, 2.05) is 34.6 Å². The molecule has 2 aromatic rings. The van der Waals surface area contributed by atoms with Gasteiger partial charge in [-0.3, -0.25) is 4.79 Å². The Morgan fingerprint density at radius 1 is 1.08 bits per heavy atom. The molecule has 0 spiro atoms. The molecule has 1 N–H and O–H groups in total. The maximum atomic E-state index is 10.7. The van der Waals surface area contributed by atoms with Gasteiger partial charge >= 0.3 is 5.97 Å². The van der Waals surface area contributed by atoms with Crippen molar-refractivity contribution in [3.05, 3.63) is 46.9 Å². The van der Waals surface area contributed by atoms with Crippen LogP contribution in [0.2, 0.25) is 0 Å². The number of rotatable bonds is 4. The molecule has 0 saturated carbocycles. The minimum Gasteiger partial charge on any atom is -0.481 e. The maximum absolute atomic E-state index is 10.7. The fraction of sp³-hybridized carbons (Fsp3) is 0.450. The molecule has 1 aliphatic carbocycles. The Labute approximate surface area is 150 Å². The Kier molecular flexibility index (Phi) is 8.61. The molecule has 0 fully saturated rings. The normalized spacial score (nSPS) is 11.4. The van der Waals surface area contributed by atoms with Crippen LogP contribution >= 0.6 is 0 Å². The fourth-order valence-electron chi connectivity index (χ4n) is 2.56. The zero-order valence-corrected chi connectivity index (χ0v) is 15.8. The molecule has 5 heteroatoms. The molecule has 3 rings (SSSR count). The molecule has 1 aliphatic rings. The van der Waals surface area contributed by atoms with Gasteiger partial charge in [0.1, 0.15) is 11.6 Å². The number of carbonyl (C=O) groups is 1. The van der Waals surface area contributed by atoms with Crippen molar-refractivity contribution < 1.29 is 14.6 Å². The summed E-state index contributed by atoms with van der Waals surface area (Å²) in [5.41, 5.74) is 2.93. The van der Waals surface area contributed by atoms with Gasteiger partial charge in [-0.2, -0.15) is 4.98 Å². The van der Waals surface area contributed by atoms with Crippen molar-refractivity contribution in [2.45, 2.75) is 60.3 Å². The van der Waals surface area contributed by atoms with Crippen molar-refractivity contribution in [2.24, 2.45) is 0 Å². The number of aliphatic carboxylic acids is 1. The van der Waals surface area contributed by atoms with Gasteiger partial charge in [-0.1, -0.05) is 39.8 Å². The number of aromatic nitrogens is 2. The third-order valence-electron chi connectivity index (χ3n) is 3.50. The molecule has 0 bridgehead atoms. The van der Waals surface area contributed by atoms with E-state index in [1.165, 1.54) is 0 Å². The summed E-state index contributed by atoms with van der Waals surface area (Å²) in [6, 6.07) is 7.07. The second-order valence-corrected chi connectivity index (χ2v) is 5.17. The van der Waals surface area contributed by atoms with E-state index in [2.05, 4.69) is 9.97 Å². The molecule has 25 heavy (non-hydrogen) atoms. The van der Waals surface area contributed by atoms with Crippen LogP contribution in [0.25, 0.3) is 0 Å². The summed E-state index contributed by atoms with van der Waals surface area (Å²) in [5.74, 6) is 1.17. The van der Waals surface area contributed by atoms with Gasteiger partial charge in [0, 0.05) is 5.56 Å². The highest BCUT2D eigenvalue weighted by atomic mass is 16.5. The topological polar surface area (TPSA) is 72.3 Å². The van der Waals surface area contributed by atoms with Crippen LogP contribution in [0.3, 0.4) is 0 Å². The molecule has 0 atom stereocenters. The number of hydrogen-bond acceptors (Lipinski definition) is 4. The van der Waals surface area contributed by atoms with Crippen molar-refractivity contribution in [3.8, 4) is 11.6 Å². The highest BCUT2D eigenvalue weighted by Gasteiger charge is 2.19. The van der Waals surface area contributed by atoms with Gasteiger partial charge in [-0.15, -0.1) is 0 Å². The number of hydrogen-bond donors (Lipinski definition) is 1. The van der Waals surface area contributed by atoms with Crippen LogP contribution < -0.4 is 4.74 Å². The van der Waals surface area contributed by atoms with Gasteiger partial charge in [0.25, 0.3) is 0 Å². The molecule has 136 valence electrons. The van der Waals surface area contributed by atoms with E-state index in [9.17, 15) is 4.79 Å². The summed E-state index contributed by atoms with van der Waals surface area (Å²) in [6.45, 7) is 9.86. The molecular formula is C20H28N2O3. The molecule has 1 heterocycles. The highest BCUT2D eigenvalue weighted by molar-refractivity contribution is 5.70. The van der Waals surface area contributed by atoms with Gasteiger partial charge in [0.15, 0.2) is 0 Å². The zero-order chi connectivity index (χ0) is 18.8. The number of fused-ring (bicyclic) bond motifs is 1. The third kappa shape index (κ3) is 5.85. The first-order chi connectivity index (χ1) is 12.1. The lowest BCUT2D eigenvalue weighted by Crippen LogP contribution is -2.01. The van der Waals surface area contributed by atoms with E-state index >= 15 is 0 Å². The van der Waals surface area contributed by atoms with Crippen molar-refractivity contribution in [1.82, 2.24) is 9.97 Å². The molecule has 0 radical (unpaired) electrons. The number of aryl methyl sites for hydroxylation is 2. The minimum absolute atomic E-state index is 0.0162. The van der Waals surface area contributed by atoms with E-state index in [0.717, 1.165) is 36.1 Å². The lowest BCUT2D eigenvalue weighted by molar-refractivity contribution is -0.136. The van der Waals surface area contributed by atoms with Crippen molar-refractivity contribution >= 4 is 5.97 Å². The molecule has 0 aliphatic heterocycles. The lowest BCUT2D eigenvalue weighted by Gasteiger charge is -2.10. The first-order valence-electron chi connectivity index (χ1n) is 8.97. The smallest absolute Gasteiger partial charge is 0.307 e. The lowest BCUT2D eigenvalue weighted by atomic mass is 10.1. The van der Waals surface area contributed by atoms with E-state index in [0.29, 0.717) is 17.5 Å². The van der Waals surface area contributed by atoms with Crippen molar-refractivity contribution in [3.63, 3.8) is 0 Å². The summed E-state index contributed by atoms with van der Waals surface area (Å²) in [6.07, 6.45) is 3.03. The Morgan fingerprint density at radius 2 is 1.72 bits per heavy atom. The largest absolute Gasteiger partial charge is 0.481 e. The SMILES string of the molecule is CC.CC.Cc1nc2c(c(Oc3ccc(CC(=O)O)cc3)n1)CCC2. The van der Waals surface area contributed by atoms with E-state index in [1.54, 1.807) is 24.3 Å². The van der Waals surface area contributed by atoms with Crippen molar-refractivity contribution in [1.29, 1.82) is 0 Å². The quantitative estimate of drug-likeness (QED) is 0.867. The van der Waals surface area contributed by atoms with Crippen LogP contribution in [-0.4, -0.2) is 21.0 Å². The van der Waals surface area contributed by atoms with Gasteiger partial charge in [-0.25, -0.2) is 4.98 Å². The van der Waals surface area contributed by atoms with Crippen LogP contribution in [0.15, 0.2) is 24.3 Å². The van der Waals surface area contributed by atoms with Crippen LogP contribution in [-0.2, 0) is 24.1 Å². The van der Waals surface area contributed by atoms with Crippen LogP contribution in [0.4, 0.5) is 0 Å². The molecular weight excluding hydrogens is 316 g/mol. The number of carboxylic acid groups (broad SMARTS) is 1. The highest BCUT2D eigenvalue weighted by Crippen LogP contribution is 2.31. The summed E-state index contributed by atoms with van der Waals surface area (Å²) in [5, 5.41) is 8.76. The first-order valence-corrected chi connectivity index (χ1v) is 8.97. The Balaban J connectivity index is 0.000000730. The standard InChI is InChI=1S/C16H16N2O3.2C2H6/c1-10-17-14-4-2-3-13(14)16(18-10)21-12-7-5-11(6-8-12)9-15(19)20;2*1-2/h5-8H,2-4,9H2,1H3,(H,19,20);2*1-2H3. The van der Waals surface area contributed by atoms with Crippen LogP contribution in [0, 0.1) is 6.92 Å². The minimum atomic E-state index is -0.840. The number of ether oxygens (including phenoxy) is 1. The Bertz CT molecular complexity index is 682. The number of benzene rings is 1. The molecule has 0 saturated heterocycles. The van der Waals surface area contributed by atoms with Gasteiger partial charge in [-0.05, 0) is 43.9 Å². The molecule has 1 aromatic heterocycles. The van der Waals surface area contributed by atoms with Crippen LogP contribution in [0.5, 0.6) is 11.6 Å². The average Bonchev–Trinajstić information content (AvgIpc) is 3.08. The van der Waals surface area contributed by atoms with E-state index < -0.39 is 5.97 Å². The average molecular weight is 344 g/mol. The van der Waals surface area contributed by atoms with Gasteiger partial charge in [0.2, 0.25) is 5.88 Å². The second kappa shape index (κ2) is 10.4. The number of carboxylic acids is 1. The maximum Gasteiger partial charge on any atom is 0.307 e. The predicted octanol–water partition coefficient (Wildman–Crippen LogP) is 4.75. The van der Waals surface area contributed by atoms with Crippen LogP contribution in [0.1, 0.15) is 56.8 Å². The monoisotopic (exact) mass is 344 g/mol. The molecule has 1 aromatic carbocycles. The molecule has 0 amide bonds. The first kappa shape index (κ1) is 20.6. The Morgan fingerprint density at radius 3 is 2.32 bits per heavy atom. The fourth-order valence-corrected chi connectivity index (χ4v) is 2.56. The van der Waals surface area contributed by atoms with E-state index in [-0.39, 0.29) is 6.42 Å². The third-order valence-corrected chi connectivity index (χ3v) is 3.50. The van der Waals surface area contributed by atoms with Crippen molar-refractivity contribution in [2.75, 3.05) is 0 Å². The summed E-state index contributed by atoms with van der Waals surface area (Å²) in [4.78, 5) is 19.5. The predicted molar refractivity (Wildman–Crippen MR) is 99.3 cm³/mol. The summed E-state index contributed by atoms with van der Waals surface area (Å²) < 4.78 is 5.86. The number of nitrogens with zero attached hydrogens (tertiary/aromatic N) is 2. The van der Waals surface area contributed by atoms with E-state index in [4.69, 9.17) is 9.84 Å². The van der Waals surface area contributed by atoms with Gasteiger partial charge < -0.3 is 9.84 Å². The summed E-state index contributed by atoms with van der Waals surface area (Å²) >= 11 is 0. The zero-order valence-electron chi connectivity index (χ0n) is 15.8. The molecule has 5 nitrogen and oxygen atoms in total. The van der Waals surface area contributed by atoms with Gasteiger partial charge in [0.05, 0.1) is 12.1 Å². The Hall–Kier alpha value is -2.43. The second-order valence-electron chi connectivity index (χ2n) is 5.17. The summed E-state index contributed by atoms with van der Waals surface area (Å²) in [7, 11) is 0.